The summed E-state index contributed by atoms with van der Waals surface area (Å²) in [5.74, 6) is 0.344. The Morgan fingerprint density at radius 1 is 1.23 bits per heavy atom. The molecule has 0 bridgehead atoms. The first-order valence-electron chi connectivity index (χ1n) is 8.84. The summed E-state index contributed by atoms with van der Waals surface area (Å²) in [6.45, 7) is 4.60. The van der Waals surface area contributed by atoms with Gasteiger partial charge >= 0.3 is 5.97 Å². The number of aliphatic hydroxyl groups is 1. The number of carbonyl (C=O) groups is 2. The number of Topliss-reactive ketones (excluding diaryl/α,β-unsaturated/α-hetero) is 1. The van der Waals surface area contributed by atoms with Gasteiger partial charge in [-0.25, -0.2) is 0 Å². The first-order valence-corrected chi connectivity index (χ1v) is 8.84. The Morgan fingerprint density at radius 3 is 2.65 bits per heavy atom. The zero-order valence-electron chi connectivity index (χ0n) is 15.7. The number of benzene rings is 1. The fourth-order valence-electron chi connectivity index (χ4n) is 2.20. The molecule has 0 spiro atoms. The molecule has 6 nitrogen and oxygen atoms in total. The van der Waals surface area contributed by atoms with Gasteiger partial charge in [0.2, 0.25) is 0 Å². The van der Waals surface area contributed by atoms with E-state index in [1.807, 2.05) is 12.1 Å². The second kappa shape index (κ2) is 12.1. The quantitative estimate of drug-likeness (QED) is 0.348. The molecule has 0 amide bonds. The molecule has 1 N–H and O–H groups in total. The summed E-state index contributed by atoms with van der Waals surface area (Å²) in [6.07, 6.45) is 3.78. The third kappa shape index (κ3) is 8.16. The summed E-state index contributed by atoms with van der Waals surface area (Å²) >= 11 is 0. The highest BCUT2D eigenvalue weighted by Gasteiger charge is 2.13. The Kier molecular flexibility index (Phi) is 10.1. The van der Waals surface area contributed by atoms with Gasteiger partial charge in [-0.1, -0.05) is 31.6 Å². The summed E-state index contributed by atoms with van der Waals surface area (Å²) in [6, 6.07) is 5.44. The standard InChI is InChI=1S/C20H28O6/c1-4-6-11-26-19-12-15(8-10-18(19)24-3)7-9-16(21)13-17(22)14-20(23)25-5-2/h7-10,12,16,21H,4-6,11,13-14H2,1-3H3/b9-7+. The van der Waals surface area contributed by atoms with Crippen molar-refractivity contribution in [2.45, 2.75) is 45.6 Å². The molecule has 0 aliphatic heterocycles. The van der Waals surface area contributed by atoms with Crippen LogP contribution in [0.2, 0.25) is 0 Å². The number of unbranched alkanes of at least 4 members (excludes halogenated alkanes) is 1. The van der Waals surface area contributed by atoms with Crippen molar-refractivity contribution >= 4 is 17.8 Å². The van der Waals surface area contributed by atoms with Gasteiger partial charge in [-0.15, -0.1) is 0 Å². The molecular formula is C20H28O6. The molecule has 1 atom stereocenters. The topological polar surface area (TPSA) is 82.1 Å². The molecule has 0 aliphatic carbocycles. The average Bonchev–Trinajstić information content (AvgIpc) is 2.60. The van der Waals surface area contributed by atoms with Crippen molar-refractivity contribution < 1.29 is 28.9 Å². The summed E-state index contributed by atoms with van der Waals surface area (Å²) < 4.78 is 15.7. The first-order chi connectivity index (χ1) is 12.5. The molecule has 0 aliphatic rings. The Morgan fingerprint density at radius 2 is 2.00 bits per heavy atom. The third-order valence-corrected chi connectivity index (χ3v) is 3.54. The molecule has 0 saturated heterocycles. The van der Waals surface area contributed by atoms with E-state index in [1.54, 1.807) is 26.2 Å². The van der Waals surface area contributed by atoms with E-state index in [1.165, 1.54) is 6.08 Å². The van der Waals surface area contributed by atoms with Crippen molar-refractivity contribution in [3.63, 3.8) is 0 Å². The molecule has 0 heterocycles. The molecule has 144 valence electrons. The first kappa shape index (κ1) is 21.7. The zero-order chi connectivity index (χ0) is 19.4. The second-order valence-electron chi connectivity index (χ2n) is 5.76. The van der Waals surface area contributed by atoms with Crippen LogP contribution in [-0.4, -0.2) is 43.3 Å². The lowest BCUT2D eigenvalue weighted by atomic mass is 10.1. The monoisotopic (exact) mass is 364 g/mol. The van der Waals surface area contributed by atoms with Crippen molar-refractivity contribution in [1.29, 1.82) is 0 Å². The van der Waals surface area contributed by atoms with Crippen LogP contribution in [0.15, 0.2) is 24.3 Å². The fraction of sp³-hybridized carbons (Fsp3) is 0.500. The van der Waals surface area contributed by atoms with E-state index in [4.69, 9.17) is 14.2 Å². The third-order valence-electron chi connectivity index (χ3n) is 3.54. The van der Waals surface area contributed by atoms with Gasteiger partial charge in [-0.2, -0.15) is 0 Å². The molecule has 6 heteroatoms. The summed E-state index contributed by atoms with van der Waals surface area (Å²) in [5, 5.41) is 9.95. The van der Waals surface area contributed by atoms with Crippen LogP contribution in [0.5, 0.6) is 11.5 Å². The van der Waals surface area contributed by atoms with Crippen LogP contribution in [-0.2, 0) is 14.3 Å². The van der Waals surface area contributed by atoms with Crippen LogP contribution in [0.1, 0.15) is 45.1 Å². The highest BCUT2D eigenvalue weighted by molar-refractivity contribution is 5.95. The summed E-state index contributed by atoms with van der Waals surface area (Å²) in [7, 11) is 1.58. The number of hydrogen-bond donors (Lipinski definition) is 1. The average molecular weight is 364 g/mol. The highest BCUT2D eigenvalue weighted by atomic mass is 16.5. The maximum atomic E-state index is 11.7. The SMILES string of the molecule is CCCCOc1cc(/C=C/C(O)CC(=O)CC(=O)OCC)ccc1OC. The number of methoxy groups -OCH3 is 1. The Hall–Kier alpha value is -2.34. The predicted molar refractivity (Wildman–Crippen MR) is 99.3 cm³/mol. The molecule has 1 aromatic carbocycles. The summed E-state index contributed by atoms with van der Waals surface area (Å²) in [4.78, 5) is 23.0. The lowest BCUT2D eigenvalue weighted by molar-refractivity contribution is -0.145. The molecule has 1 aromatic rings. The fourth-order valence-corrected chi connectivity index (χ4v) is 2.20. The van der Waals surface area contributed by atoms with Gasteiger partial charge in [0.1, 0.15) is 12.2 Å². The van der Waals surface area contributed by atoms with E-state index in [0.717, 1.165) is 18.4 Å². The predicted octanol–water partition coefficient (Wildman–Crippen LogP) is 3.16. The highest BCUT2D eigenvalue weighted by Crippen LogP contribution is 2.28. The number of rotatable bonds is 12. The van der Waals surface area contributed by atoms with Crippen molar-refractivity contribution in [2.24, 2.45) is 0 Å². The summed E-state index contributed by atoms with van der Waals surface area (Å²) in [5.41, 5.74) is 0.814. The van der Waals surface area contributed by atoms with E-state index in [-0.39, 0.29) is 25.2 Å². The molecule has 26 heavy (non-hydrogen) atoms. The molecular weight excluding hydrogens is 336 g/mol. The smallest absolute Gasteiger partial charge is 0.313 e. The molecule has 0 saturated carbocycles. The lowest BCUT2D eigenvalue weighted by Crippen LogP contribution is -2.16. The van der Waals surface area contributed by atoms with Gasteiger partial charge in [0.15, 0.2) is 11.5 Å². The van der Waals surface area contributed by atoms with E-state index >= 15 is 0 Å². The Labute approximate surface area is 154 Å². The molecule has 0 radical (unpaired) electrons. The number of carbonyl (C=O) groups excluding carboxylic acids is 2. The van der Waals surface area contributed by atoms with Crippen molar-refractivity contribution in [2.75, 3.05) is 20.3 Å². The van der Waals surface area contributed by atoms with E-state index in [9.17, 15) is 14.7 Å². The van der Waals surface area contributed by atoms with E-state index < -0.39 is 12.1 Å². The minimum absolute atomic E-state index is 0.134. The maximum Gasteiger partial charge on any atom is 0.313 e. The Bertz CT molecular complexity index is 608. The number of ether oxygens (including phenoxy) is 3. The van der Waals surface area contributed by atoms with Gasteiger partial charge in [0, 0.05) is 6.42 Å². The van der Waals surface area contributed by atoms with Gasteiger partial charge in [0.05, 0.1) is 26.4 Å². The van der Waals surface area contributed by atoms with Crippen LogP contribution in [0.3, 0.4) is 0 Å². The zero-order valence-corrected chi connectivity index (χ0v) is 15.7. The minimum Gasteiger partial charge on any atom is -0.493 e. The molecule has 1 unspecified atom stereocenters. The molecule has 0 aromatic heterocycles. The lowest BCUT2D eigenvalue weighted by Gasteiger charge is -2.11. The van der Waals surface area contributed by atoms with Crippen molar-refractivity contribution in [3.05, 3.63) is 29.8 Å². The van der Waals surface area contributed by atoms with Gasteiger partial charge < -0.3 is 19.3 Å². The van der Waals surface area contributed by atoms with Gasteiger partial charge in [0.25, 0.3) is 0 Å². The van der Waals surface area contributed by atoms with E-state index in [0.29, 0.717) is 18.1 Å². The van der Waals surface area contributed by atoms with Gasteiger partial charge in [-0.05, 0) is 31.0 Å². The number of hydrogen-bond acceptors (Lipinski definition) is 6. The second-order valence-corrected chi connectivity index (χ2v) is 5.76. The normalized spacial score (nSPS) is 12.0. The molecule has 0 fully saturated rings. The largest absolute Gasteiger partial charge is 0.493 e. The maximum absolute atomic E-state index is 11.7. The number of ketones is 1. The minimum atomic E-state index is -0.969. The van der Waals surface area contributed by atoms with Crippen LogP contribution < -0.4 is 9.47 Å². The number of aliphatic hydroxyl groups excluding tert-OH is 1. The van der Waals surface area contributed by atoms with Crippen LogP contribution in [0.4, 0.5) is 0 Å². The van der Waals surface area contributed by atoms with Crippen LogP contribution >= 0.6 is 0 Å². The Balaban J connectivity index is 2.64. The van der Waals surface area contributed by atoms with Gasteiger partial charge in [-0.3, -0.25) is 9.59 Å². The number of esters is 1. The van der Waals surface area contributed by atoms with Crippen molar-refractivity contribution in [3.8, 4) is 11.5 Å². The molecule has 1 rings (SSSR count). The van der Waals surface area contributed by atoms with Crippen molar-refractivity contribution in [1.82, 2.24) is 0 Å². The van der Waals surface area contributed by atoms with E-state index in [2.05, 4.69) is 6.92 Å². The van der Waals surface area contributed by atoms with Crippen LogP contribution in [0.25, 0.3) is 6.08 Å². The van der Waals surface area contributed by atoms with Crippen LogP contribution in [0, 0.1) is 0 Å².